The van der Waals surface area contributed by atoms with Gasteiger partial charge in [-0.25, -0.2) is 0 Å². The van der Waals surface area contributed by atoms with Crippen LogP contribution < -0.4 is 14.2 Å². The predicted molar refractivity (Wildman–Crippen MR) is 85.0 cm³/mol. The van der Waals surface area contributed by atoms with E-state index >= 15 is 0 Å². The maximum atomic E-state index is 12.9. The van der Waals surface area contributed by atoms with Gasteiger partial charge in [-0.2, -0.15) is 0 Å². The highest BCUT2D eigenvalue weighted by atomic mass is 16.5. The summed E-state index contributed by atoms with van der Waals surface area (Å²) in [6.07, 6.45) is 3.38. The van der Waals surface area contributed by atoms with Crippen LogP contribution in [0.4, 0.5) is 0 Å². The number of ether oxygens (including phenoxy) is 3. The third-order valence-corrected chi connectivity index (χ3v) is 3.89. The van der Waals surface area contributed by atoms with Crippen LogP contribution in [0.25, 0.3) is 0 Å². The van der Waals surface area contributed by atoms with Crippen molar-refractivity contribution in [2.75, 3.05) is 34.4 Å². The highest BCUT2D eigenvalue weighted by molar-refractivity contribution is 5.97. The Balaban J connectivity index is 2.32. The molecule has 1 fully saturated rings. The summed E-state index contributed by atoms with van der Waals surface area (Å²) in [6.45, 7) is 3.66. The lowest BCUT2D eigenvalue weighted by Gasteiger charge is -2.23. The summed E-state index contributed by atoms with van der Waals surface area (Å²) >= 11 is 0. The zero-order chi connectivity index (χ0) is 16.1. The Morgan fingerprint density at radius 1 is 1.09 bits per heavy atom. The van der Waals surface area contributed by atoms with Gasteiger partial charge in [0.1, 0.15) is 5.75 Å². The number of carbonyl (C=O) groups excluding carboxylic acids is 1. The first-order valence-electron chi connectivity index (χ1n) is 7.73. The van der Waals surface area contributed by atoms with Gasteiger partial charge in [-0.05, 0) is 25.2 Å². The fourth-order valence-electron chi connectivity index (χ4n) is 2.52. The van der Waals surface area contributed by atoms with Crippen LogP contribution in [-0.2, 0) is 0 Å². The molecule has 0 N–H and O–H groups in total. The minimum absolute atomic E-state index is 0.00782. The largest absolute Gasteiger partial charge is 0.496 e. The first-order valence-corrected chi connectivity index (χ1v) is 7.73. The molecule has 1 aromatic carbocycles. The lowest BCUT2D eigenvalue weighted by Crippen LogP contribution is -2.33. The average Bonchev–Trinajstić information content (AvgIpc) is 3.36. The zero-order valence-electron chi connectivity index (χ0n) is 13.8. The number of hydrogen-bond acceptors (Lipinski definition) is 4. The van der Waals surface area contributed by atoms with Crippen molar-refractivity contribution >= 4 is 5.91 Å². The van der Waals surface area contributed by atoms with E-state index in [1.165, 1.54) is 12.8 Å². The van der Waals surface area contributed by atoms with Crippen LogP contribution >= 0.6 is 0 Å². The summed E-state index contributed by atoms with van der Waals surface area (Å²) < 4.78 is 15.9. The molecule has 0 atom stereocenters. The van der Waals surface area contributed by atoms with Gasteiger partial charge < -0.3 is 19.1 Å². The van der Waals surface area contributed by atoms with Gasteiger partial charge in [-0.3, -0.25) is 4.79 Å². The van der Waals surface area contributed by atoms with E-state index in [9.17, 15) is 4.79 Å². The summed E-state index contributed by atoms with van der Waals surface area (Å²) in [5, 5.41) is 0. The Morgan fingerprint density at radius 2 is 1.68 bits per heavy atom. The molecule has 0 bridgehead atoms. The van der Waals surface area contributed by atoms with Gasteiger partial charge in [0.15, 0.2) is 11.5 Å². The maximum Gasteiger partial charge on any atom is 0.257 e. The maximum absolute atomic E-state index is 12.9. The van der Waals surface area contributed by atoms with E-state index in [-0.39, 0.29) is 5.91 Å². The molecule has 22 heavy (non-hydrogen) atoms. The van der Waals surface area contributed by atoms with E-state index in [0.717, 1.165) is 19.5 Å². The van der Waals surface area contributed by atoms with Gasteiger partial charge in [-0.1, -0.05) is 6.92 Å². The molecule has 2 rings (SSSR count). The van der Waals surface area contributed by atoms with Crippen molar-refractivity contribution in [2.45, 2.75) is 26.2 Å². The van der Waals surface area contributed by atoms with Crippen molar-refractivity contribution < 1.29 is 19.0 Å². The van der Waals surface area contributed by atoms with Crippen molar-refractivity contribution in [2.24, 2.45) is 5.92 Å². The highest BCUT2D eigenvalue weighted by Gasteiger charge is 2.28. The van der Waals surface area contributed by atoms with E-state index < -0.39 is 0 Å². The molecule has 1 saturated carbocycles. The van der Waals surface area contributed by atoms with E-state index in [2.05, 4.69) is 6.92 Å². The summed E-state index contributed by atoms with van der Waals surface area (Å²) in [5.41, 5.74) is 0.522. The Labute approximate surface area is 132 Å². The van der Waals surface area contributed by atoms with Crippen LogP contribution in [0.15, 0.2) is 12.1 Å². The second kappa shape index (κ2) is 7.38. The summed E-state index contributed by atoms with van der Waals surface area (Å²) in [5.74, 6) is 2.25. The van der Waals surface area contributed by atoms with Crippen LogP contribution in [0.3, 0.4) is 0 Å². The molecular weight excluding hydrogens is 282 g/mol. The first kappa shape index (κ1) is 16.5. The van der Waals surface area contributed by atoms with E-state index in [1.54, 1.807) is 33.5 Å². The number of rotatable bonds is 8. The molecule has 1 amide bonds. The normalized spacial score (nSPS) is 13.6. The third kappa shape index (κ3) is 3.64. The second-order valence-corrected chi connectivity index (χ2v) is 5.60. The van der Waals surface area contributed by atoms with Crippen molar-refractivity contribution in [3.63, 3.8) is 0 Å². The molecule has 0 aliphatic heterocycles. The van der Waals surface area contributed by atoms with Crippen LogP contribution in [-0.4, -0.2) is 45.2 Å². The molecule has 0 unspecified atom stereocenters. The van der Waals surface area contributed by atoms with Gasteiger partial charge in [0.2, 0.25) is 0 Å². The molecule has 0 spiro atoms. The van der Waals surface area contributed by atoms with Crippen molar-refractivity contribution in [1.82, 2.24) is 4.90 Å². The second-order valence-electron chi connectivity index (χ2n) is 5.60. The lowest BCUT2D eigenvalue weighted by atomic mass is 10.1. The monoisotopic (exact) mass is 307 g/mol. The molecule has 0 saturated heterocycles. The minimum atomic E-state index is -0.00782. The minimum Gasteiger partial charge on any atom is -0.496 e. The molecule has 1 aliphatic carbocycles. The molecule has 0 aromatic heterocycles. The number of carbonyl (C=O) groups is 1. The SMILES string of the molecule is CCCN(CC1CC1)C(=O)c1cc(OC)c(OC)cc1OC. The van der Waals surface area contributed by atoms with Gasteiger partial charge in [0.05, 0.1) is 26.9 Å². The molecule has 0 radical (unpaired) electrons. The predicted octanol–water partition coefficient (Wildman–Crippen LogP) is 2.97. The standard InChI is InChI=1S/C17H25NO4/c1-5-8-18(11-12-6-7-12)17(19)13-9-15(21-3)16(22-4)10-14(13)20-2/h9-10,12H,5-8,11H2,1-4H3. The quantitative estimate of drug-likeness (QED) is 0.741. The molecule has 0 heterocycles. The Bertz CT molecular complexity index is 526. The average molecular weight is 307 g/mol. The van der Waals surface area contributed by atoms with Crippen molar-refractivity contribution in [3.8, 4) is 17.2 Å². The molecular formula is C17H25NO4. The topological polar surface area (TPSA) is 48.0 Å². The summed E-state index contributed by atoms with van der Waals surface area (Å²) in [6, 6.07) is 3.41. The number of amides is 1. The number of hydrogen-bond donors (Lipinski definition) is 0. The highest BCUT2D eigenvalue weighted by Crippen LogP contribution is 2.36. The summed E-state index contributed by atoms with van der Waals surface area (Å²) in [7, 11) is 4.69. The third-order valence-electron chi connectivity index (χ3n) is 3.89. The van der Waals surface area contributed by atoms with Gasteiger partial charge in [0, 0.05) is 25.2 Å². The lowest BCUT2D eigenvalue weighted by molar-refractivity contribution is 0.0744. The van der Waals surface area contributed by atoms with E-state index in [1.807, 2.05) is 4.90 Å². The molecule has 122 valence electrons. The van der Waals surface area contributed by atoms with Crippen LogP contribution in [0, 0.1) is 5.92 Å². The van der Waals surface area contributed by atoms with Gasteiger partial charge >= 0.3 is 0 Å². The zero-order valence-corrected chi connectivity index (χ0v) is 13.8. The number of methoxy groups -OCH3 is 3. The fourth-order valence-corrected chi connectivity index (χ4v) is 2.52. The molecule has 1 aromatic rings. The number of nitrogens with zero attached hydrogens (tertiary/aromatic N) is 1. The van der Waals surface area contributed by atoms with Gasteiger partial charge in [0.25, 0.3) is 5.91 Å². The van der Waals surface area contributed by atoms with Crippen LogP contribution in [0.2, 0.25) is 0 Å². The number of benzene rings is 1. The Morgan fingerprint density at radius 3 is 2.18 bits per heavy atom. The Kier molecular flexibility index (Phi) is 5.52. The Hall–Kier alpha value is -1.91. The van der Waals surface area contributed by atoms with Crippen molar-refractivity contribution in [1.29, 1.82) is 0 Å². The van der Waals surface area contributed by atoms with E-state index in [0.29, 0.717) is 28.7 Å². The molecule has 5 heteroatoms. The summed E-state index contributed by atoms with van der Waals surface area (Å²) in [4.78, 5) is 14.8. The molecule has 5 nitrogen and oxygen atoms in total. The van der Waals surface area contributed by atoms with E-state index in [4.69, 9.17) is 14.2 Å². The first-order chi connectivity index (χ1) is 10.6. The smallest absolute Gasteiger partial charge is 0.257 e. The fraction of sp³-hybridized carbons (Fsp3) is 0.588. The van der Waals surface area contributed by atoms with Crippen LogP contribution in [0.5, 0.6) is 17.2 Å². The molecule has 1 aliphatic rings. The van der Waals surface area contributed by atoms with Crippen molar-refractivity contribution in [3.05, 3.63) is 17.7 Å². The van der Waals surface area contributed by atoms with Crippen LogP contribution in [0.1, 0.15) is 36.5 Å². The van der Waals surface area contributed by atoms with Gasteiger partial charge in [-0.15, -0.1) is 0 Å².